The molecule has 33 heavy (non-hydrogen) atoms. The van der Waals surface area contributed by atoms with Crippen LogP contribution in [0.3, 0.4) is 0 Å². The zero-order valence-corrected chi connectivity index (χ0v) is 20.1. The van der Waals surface area contributed by atoms with Crippen LogP contribution in [-0.4, -0.2) is 26.8 Å². The Morgan fingerprint density at radius 3 is 2.67 bits per heavy atom. The molecule has 6 nitrogen and oxygen atoms in total. The van der Waals surface area contributed by atoms with Gasteiger partial charge in [0.2, 0.25) is 11.1 Å². The van der Waals surface area contributed by atoms with Crippen molar-refractivity contribution < 1.29 is 18.7 Å². The van der Waals surface area contributed by atoms with Gasteiger partial charge in [0.05, 0.1) is 23.4 Å². The Labute approximate surface area is 208 Å². The molecule has 1 amide bonds. The fourth-order valence-corrected chi connectivity index (χ4v) is 4.46. The first-order valence-electron chi connectivity index (χ1n) is 9.52. The molecule has 1 aliphatic rings. The fraction of sp³-hybridized carbons (Fsp3) is 0.0909. The van der Waals surface area contributed by atoms with E-state index in [9.17, 15) is 9.18 Å². The lowest BCUT2D eigenvalue weighted by molar-refractivity contribution is -0.113. The van der Waals surface area contributed by atoms with Crippen LogP contribution >= 0.6 is 47.2 Å². The Morgan fingerprint density at radius 1 is 1.18 bits per heavy atom. The first kappa shape index (κ1) is 23.4. The van der Waals surface area contributed by atoms with Crippen molar-refractivity contribution in [2.45, 2.75) is 6.92 Å². The minimum Gasteiger partial charge on any atom is -0.490 e. The summed E-state index contributed by atoms with van der Waals surface area (Å²) in [5.74, 6) is -0.766. The third-order valence-electron chi connectivity index (χ3n) is 4.33. The molecule has 2 aromatic carbocycles. The van der Waals surface area contributed by atoms with Crippen molar-refractivity contribution in [2.24, 2.45) is 0 Å². The van der Waals surface area contributed by atoms with Gasteiger partial charge in [-0.15, -0.1) is 0 Å². The van der Waals surface area contributed by atoms with Crippen LogP contribution in [0.4, 0.5) is 10.1 Å². The van der Waals surface area contributed by atoms with Crippen LogP contribution in [0.25, 0.3) is 6.08 Å². The smallest absolute Gasteiger partial charge is 0.270 e. The average Bonchev–Trinajstić information content (AvgIpc) is 3.06. The minimum atomic E-state index is -0.767. The number of hydrogen-bond donors (Lipinski definition) is 0. The molecule has 0 saturated carbocycles. The molecule has 0 bridgehead atoms. The number of carbonyl (C=O) groups is 1. The van der Waals surface area contributed by atoms with Gasteiger partial charge in [-0.3, -0.25) is 9.69 Å². The molecule has 1 fully saturated rings. The van der Waals surface area contributed by atoms with Crippen molar-refractivity contribution in [1.29, 1.82) is 0 Å². The number of halogens is 3. The zero-order chi connectivity index (χ0) is 23.5. The molecule has 3 aromatic rings. The Kier molecular flexibility index (Phi) is 7.14. The van der Waals surface area contributed by atoms with E-state index in [1.807, 2.05) is 0 Å². The third kappa shape index (κ3) is 5.27. The summed E-state index contributed by atoms with van der Waals surface area (Å²) in [5.41, 5.74) is 1.30. The van der Waals surface area contributed by atoms with Crippen LogP contribution in [-0.2, 0) is 4.79 Å². The third-order valence-corrected chi connectivity index (χ3v) is 6.07. The highest BCUT2D eigenvalue weighted by molar-refractivity contribution is 8.27. The number of ether oxygens (including phenoxy) is 2. The van der Waals surface area contributed by atoms with Crippen molar-refractivity contribution in [3.8, 4) is 17.4 Å². The largest absolute Gasteiger partial charge is 0.490 e. The number of aromatic nitrogens is 2. The van der Waals surface area contributed by atoms with Gasteiger partial charge in [-0.2, -0.15) is 9.37 Å². The quantitative estimate of drug-likeness (QED) is 0.208. The predicted molar refractivity (Wildman–Crippen MR) is 132 cm³/mol. The highest BCUT2D eigenvalue weighted by atomic mass is 35.5. The van der Waals surface area contributed by atoms with Crippen molar-refractivity contribution in [2.75, 3.05) is 11.5 Å². The predicted octanol–water partition coefficient (Wildman–Crippen LogP) is 6.52. The van der Waals surface area contributed by atoms with E-state index in [1.165, 1.54) is 16.7 Å². The summed E-state index contributed by atoms with van der Waals surface area (Å²) in [4.78, 5) is 22.2. The van der Waals surface area contributed by atoms with Gasteiger partial charge in [-0.05, 0) is 66.6 Å². The van der Waals surface area contributed by atoms with Crippen LogP contribution in [0.2, 0.25) is 10.3 Å². The first-order chi connectivity index (χ1) is 15.9. The Bertz CT molecular complexity index is 1270. The molecule has 1 aromatic heterocycles. The van der Waals surface area contributed by atoms with Gasteiger partial charge in [-0.25, -0.2) is 4.98 Å². The summed E-state index contributed by atoms with van der Waals surface area (Å²) >= 11 is 18.3. The van der Waals surface area contributed by atoms with Crippen molar-refractivity contribution in [3.63, 3.8) is 0 Å². The van der Waals surface area contributed by atoms with E-state index >= 15 is 0 Å². The number of nitrogens with zero attached hydrogens (tertiary/aromatic N) is 3. The lowest BCUT2D eigenvalue weighted by Gasteiger charge is -2.14. The second-order valence-electron chi connectivity index (χ2n) is 6.53. The summed E-state index contributed by atoms with van der Waals surface area (Å²) in [7, 11) is 0. The van der Waals surface area contributed by atoms with Crippen LogP contribution in [0, 0.1) is 5.82 Å². The second kappa shape index (κ2) is 10.0. The van der Waals surface area contributed by atoms with E-state index < -0.39 is 5.82 Å². The van der Waals surface area contributed by atoms with Gasteiger partial charge >= 0.3 is 0 Å². The maximum absolute atomic E-state index is 14.0. The number of hydrogen-bond acceptors (Lipinski definition) is 7. The summed E-state index contributed by atoms with van der Waals surface area (Å²) in [6.45, 7) is 2.14. The zero-order valence-electron chi connectivity index (χ0n) is 16.9. The van der Waals surface area contributed by atoms with Gasteiger partial charge in [0.15, 0.2) is 15.8 Å². The molecule has 2 heterocycles. The summed E-state index contributed by atoms with van der Waals surface area (Å²) in [6.07, 6.45) is 2.62. The van der Waals surface area contributed by atoms with Crippen molar-refractivity contribution in [1.82, 2.24) is 9.97 Å². The van der Waals surface area contributed by atoms with Gasteiger partial charge in [0.25, 0.3) is 11.8 Å². The first-order valence-corrected chi connectivity index (χ1v) is 11.5. The Morgan fingerprint density at radius 2 is 1.94 bits per heavy atom. The molecular formula is C22H14Cl2FN3O3S2. The molecule has 0 radical (unpaired) electrons. The number of thioether (sulfide) groups is 1. The fourth-order valence-electron chi connectivity index (χ4n) is 2.91. The number of carbonyl (C=O) groups excluding carboxylic acids is 1. The lowest BCUT2D eigenvalue weighted by atomic mass is 10.1. The maximum Gasteiger partial charge on any atom is 0.270 e. The molecule has 11 heteroatoms. The molecule has 0 N–H and O–H groups in total. The number of anilines is 1. The van der Waals surface area contributed by atoms with Crippen LogP contribution in [0.1, 0.15) is 12.5 Å². The molecule has 0 aliphatic carbocycles. The van der Waals surface area contributed by atoms with E-state index in [1.54, 1.807) is 55.5 Å². The molecule has 0 unspecified atom stereocenters. The second-order valence-corrected chi connectivity index (χ2v) is 8.98. The average molecular weight is 522 g/mol. The van der Waals surface area contributed by atoms with Crippen LogP contribution in [0.15, 0.2) is 53.6 Å². The van der Waals surface area contributed by atoms with Crippen LogP contribution in [0.5, 0.6) is 17.4 Å². The standard InChI is InChI=1S/C22H14Cl2FN3O3S2/c1-2-30-17-9-12(3-8-16(17)31-19-15(25)11-26-21(24)27-19)10-18-20(29)28(22(32)33-18)14-6-4-13(23)5-7-14/h3-11H,2H2,1H3/b18-10-. The topological polar surface area (TPSA) is 64.5 Å². The van der Waals surface area contributed by atoms with E-state index in [-0.39, 0.29) is 22.8 Å². The lowest BCUT2D eigenvalue weighted by Crippen LogP contribution is -2.27. The molecule has 0 atom stereocenters. The molecule has 168 valence electrons. The SMILES string of the molecule is CCOc1cc(/C=C2\SC(=S)N(c3ccc(Cl)cc3)C2=O)ccc1Oc1nc(Cl)ncc1F. The van der Waals surface area contributed by atoms with E-state index in [0.29, 0.717) is 37.9 Å². The highest BCUT2D eigenvalue weighted by Crippen LogP contribution is 2.38. The van der Waals surface area contributed by atoms with Gasteiger partial charge in [0, 0.05) is 5.02 Å². The Hall–Kier alpha value is -2.72. The normalized spacial score (nSPS) is 14.8. The highest BCUT2D eigenvalue weighted by Gasteiger charge is 2.33. The number of thiocarbonyl (C=S) groups is 1. The summed E-state index contributed by atoms with van der Waals surface area (Å²) < 4.78 is 25.6. The van der Waals surface area contributed by atoms with Crippen molar-refractivity contribution >= 4 is 69.2 Å². The summed E-state index contributed by atoms with van der Waals surface area (Å²) in [6, 6.07) is 11.8. The number of rotatable bonds is 6. The minimum absolute atomic E-state index is 0.149. The van der Waals surface area contributed by atoms with Gasteiger partial charge in [-0.1, -0.05) is 41.6 Å². The van der Waals surface area contributed by atoms with E-state index in [2.05, 4.69) is 9.97 Å². The monoisotopic (exact) mass is 521 g/mol. The molecule has 0 spiro atoms. The van der Waals surface area contributed by atoms with Crippen molar-refractivity contribution in [3.05, 3.63) is 75.3 Å². The van der Waals surface area contributed by atoms with Crippen LogP contribution < -0.4 is 14.4 Å². The molecule has 1 aliphatic heterocycles. The molecule has 1 saturated heterocycles. The molecule has 4 rings (SSSR count). The maximum atomic E-state index is 14.0. The number of amides is 1. The van der Waals surface area contributed by atoms with Gasteiger partial charge in [0.1, 0.15) is 0 Å². The molecular weight excluding hydrogens is 508 g/mol. The summed E-state index contributed by atoms with van der Waals surface area (Å²) in [5, 5.41) is 0.415. The number of benzene rings is 2. The Balaban J connectivity index is 1.62. The van der Waals surface area contributed by atoms with E-state index in [0.717, 1.165) is 6.20 Å². The van der Waals surface area contributed by atoms with Gasteiger partial charge < -0.3 is 9.47 Å². The van der Waals surface area contributed by atoms with E-state index in [4.69, 9.17) is 44.9 Å².